The molecule has 0 radical (unpaired) electrons. The van der Waals surface area contributed by atoms with Crippen molar-refractivity contribution in [3.63, 3.8) is 0 Å². The molecular weight excluding hydrogens is 235 g/mol. The highest BCUT2D eigenvalue weighted by Crippen LogP contribution is 2.23. The van der Waals surface area contributed by atoms with Gasteiger partial charge in [0.2, 0.25) is 5.88 Å². The molecule has 0 amide bonds. The van der Waals surface area contributed by atoms with Gasteiger partial charge in [-0.25, -0.2) is 4.98 Å². The Morgan fingerprint density at radius 3 is 2.53 bits per heavy atom. The minimum absolute atomic E-state index is 0.0780. The topological polar surface area (TPSA) is 42.4 Å². The fourth-order valence-electron chi connectivity index (χ4n) is 1.40. The Labute approximate surface area is 97.2 Å². The summed E-state index contributed by atoms with van der Waals surface area (Å²) in [5.41, 5.74) is 1.82. The largest absolute Gasteiger partial charge is 0.477 e. The van der Waals surface area contributed by atoms with E-state index in [1.807, 2.05) is 0 Å². The zero-order valence-electron chi connectivity index (χ0n) is 9.64. The maximum absolute atomic E-state index is 11.9. The van der Waals surface area contributed by atoms with Gasteiger partial charge in [0, 0.05) is 11.3 Å². The highest BCUT2D eigenvalue weighted by Gasteiger charge is 2.27. The molecule has 0 aliphatic carbocycles. The zero-order valence-corrected chi connectivity index (χ0v) is 9.64. The number of alkyl halides is 3. The molecule has 17 heavy (non-hydrogen) atoms. The van der Waals surface area contributed by atoms with Gasteiger partial charge in [0.25, 0.3) is 0 Å². The zero-order chi connectivity index (χ0) is 13.1. The summed E-state index contributed by atoms with van der Waals surface area (Å²) < 4.78 is 40.8. The van der Waals surface area contributed by atoms with Crippen LogP contribution >= 0.6 is 0 Å². The molecule has 1 heterocycles. The van der Waals surface area contributed by atoms with Gasteiger partial charge in [-0.1, -0.05) is 0 Å². The van der Waals surface area contributed by atoms with Crippen molar-refractivity contribution in [3.05, 3.63) is 22.9 Å². The molecule has 1 aromatic heterocycles. The van der Waals surface area contributed by atoms with Gasteiger partial charge < -0.3 is 9.84 Å². The molecule has 0 bridgehead atoms. The van der Waals surface area contributed by atoms with E-state index in [1.165, 1.54) is 0 Å². The fourth-order valence-corrected chi connectivity index (χ4v) is 1.40. The number of hydrogen-bond donors (Lipinski definition) is 1. The van der Waals surface area contributed by atoms with Crippen LogP contribution in [0.25, 0.3) is 0 Å². The normalized spacial score (nSPS) is 11.6. The average molecular weight is 249 g/mol. The first kappa shape index (κ1) is 13.8. The highest BCUT2D eigenvalue weighted by atomic mass is 19.4. The first-order valence-corrected chi connectivity index (χ1v) is 5.11. The third kappa shape index (κ3) is 4.22. The van der Waals surface area contributed by atoms with Crippen LogP contribution in [-0.4, -0.2) is 22.9 Å². The van der Waals surface area contributed by atoms with Crippen LogP contribution in [-0.2, 0) is 6.61 Å². The van der Waals surface area contributed by atoms with Gasteiger partial charge >= 0.3 is 6.18 Å². The van der Waals surface area contributed by atoms with Gasteiger partial charge in [-0.15, -0.1) is 0 Å². The lowest BCUT2D eigenvalue weighted by Crippen LogP contribution is -2.14. The molecule has 0 atom stereocenters. The SMILES string of the molecule is Cc1cc(C)c(CO)c(OCCC(F)(F)F)n1. The second-order valence-electron chi connectivity index (χ2n) is 3.74. The molecular formula is C11H14F3NO2. The standard InChI is InChI=1S/C11H14F3NO2/c1-7-5-8(2)15-10(9(7)6-16)17-4-3-11(12,13)14/h5,16H,3-4,6H2,1-2H3. The van der Waals surface area contributed by atoms with Crippen molar-refractivity contribution in [1.29, 1.82) is 0 Å². The van der Waals surface area contributed by atoms with Crippen molar-refractivity contribution in [1.82, 2.24) is 4.98 Å². The van der Waals surface area contributed by atoms with Crippen molar-refractivity contribution in [3.8, 4) is 5.88 Å². The first-order valence-electron chi connectivity index (χ1n) is 5.11. The van der Waals surface area contributed by atoms with Crippen LogP contribution in [0.4, 0.5) is 13.2 Å². The number of rotatable bonds is 4. The summed E-state index contributed by atoms with van der Waals surface area (Å²) in [5.74, 6) is 0.0780. The lowest BCUT2D eigenvalue weighted by Gasteiger charge is -2.13. The van der Waals surface area contributed by atoms with E-state index in [9.17, 15) is 13.2 Å². The van der Waals surface area contributed by atoms with Crippen molar-refractivity contribution < 1.29 is 23.0 Å². The van der Waals surface area contributed by atoms with Gasteiger partial charge in [0.1, 0.15) is 0 Å². The Morgan fingerprint density at radius 2 is 2.00 bits per heavy atom. The molecule has 3 nitrogen and oxygen atoms in total. The Balaban J connectivity index is 2.76. The molecule has 0 saturated carbocycles. The monoisotopic (exact) mass is 249 g/mol. The van der Waals surface area contributed by atoms with Crippen molar-refractivity contribution >= 4 is 0 Å². The molecule has 0 aliphatic heterocycles. The summed E-state index contributed by atoms with van der Waals surface area (Å²) in [6.07, 6.45) is -5.29. The minimum atomic E-state index is -4.25. The molecule has 0 spiro atoms. The van der Waals surface area contributed by atoms with E-state index < -0.39 is 19.2 Å². The molecule has 1 aromatic rings. The van der Waals surface area contributed by atoms with E-state index in [0.717, 1.165) is 5.56 Å². The molecule has 96 valence electrons. The molecule has 0 aliphatic rings. The Kier molecular flexibility index (Phi) is 4.34. The second-order valence-corrected chi connectivity index (χ2v) is 3.74. The summed E-state index contributed by atoms with van der Waals surface area (Å²) in [5, 5.41) is 9.11. The fraction of sp³-hybridized carbons (Fsp3) is 0.545. The maximum Gasteiger partial charge on any atom is 0.392 e. The third-order valence-electron chi connectivity index (χ3n) is 2.22. The second kappa shape index (κ2) is 5.35. The highest BCUT2D eigenvalue weighted by molar-refractivity contribution is 5.35. The smallest absolute Gasteiger partial charge is 0.392 e. The van der Waals surface area contributed by atoms with E-state index in [-0.39, 0.29) is 12.5 Å². The predicted molar refractivity (Wildman–Crippen MR) is 55.8 cm³/mol. The van der Waals surface area contributed by atoms with Gasteiger partial charge in [-0.2, -0.15) is 13.2 Å². The van der Waals surface area contributed by atoms with E-state index in [2.05, 4.69) is 4.98 Å². The molecule has 1 rings (SSSR count). The number of nitrogens with zero attached hydrogens (tertiary/aromatic N) is 1. The number of ether oxygens (including phenoxy) is 1. The summed E-state index contributed by atoms with van der Waals surface area (Å²) in [6, 6.07) is 1.74. The van der Waals surface area contributed by atoms with E-state index in [0.29, 0.717) is 11.3 Å². The van der Waals surface area contributed by atoms with Crippen LogP contribution in [0.15, 0.2) is 6.07 Å². The van der Waals surface area contributed by atoms with Crippen molar-refractivity contribution in [2.45, 2.75) is 33.1 Å². The van der Waals surface area contributed by atoms with E-state index in [4.69, 9.17) is 9.84 Å². The summed E-state index contributed by atoms with van der Waals surface area (Å²) in [7, 11) is 0. The number of aromatic nitrogens is 1. The molecule has 0 saturated heterocycles. The van der Waals surface area contributed by atoms with Gasteiger partial charge in [0.05, 0.1) is 19.6 Å². The van der Waals surface area contributed by atoms with Crippen LogP contribution in [0.1, 0.15) is 23.2 Å². The lowest BCUT2D eigenvalue weighted by atomic mass is 10.1. The van der Waals surface area contributed by atoms with Gasteiger partial charge in [-0.3, -0.25) is 0 Å². The number of aliphatic hydroxyl groups is 1. The summed E-state index contributed by atoms with van der Waals surface area (Å²) in [4.78, 5) is 3.97. The van der Waals surface area contributed by atoms with E-state index >= 15 is 0 Å². The van der Waals surface area contributed by atoms with Crippen LogP contribution in [0, 0.1) is 13.8 Å². The minimum Gasteiger partial charge on any atom is -0.477 e. The lowest BCUT2D eigenvalue weighted by molar-refractivity contribution is -0.139. The predicted octanol–water partition coefficient (Wildman–Crippen LogP) is 2.52. The Morgan fingerprint density at radius 1 is 1.35 bits per heavy atom. The molecule has 0 unspecified atom stereocenters. The van der Waals surface area contributed by atoms with Gasteiger partial charge in [0.15, 0.2) is 0 Å². The number of hydrogen-bond acceptors (Lipinski definition) is 3. The number of aliphatic hydroxyl groups excluding tert-OH is 1. The van der Waals surface area contributed by atoms with Crippen LogP contribution in [0.5, 0.6) is 5.88 Å². The number of pyridine rings is 1. The third-order valence-corrected chi connectivity index (χ3v) is 2.22. The number of aryl methyl sites for hydroxylation is 2. The van der Waals surface area contributed by atoms with Crippen molar-refractivity contribution in [2.24, 2.45) is 0 Å². The average Bonchev–Trinajstić information content (AvgIpc) is 2.14. The Hall–Kier alpha value is -1.30. The van der Waals surface area contributed by atoms with Crippen LogP contribution in [0.3, 0.4) is 0 Å². The van der Waals surface area contributed by atoms with Crippen molar-refractivity contribution in [2.75, 3.05) is 6.61 Å². The molecule has 0 fully saturated rings. The molecule has 1 N–H and O–H groups in total. The quantitative estimate of drug-likeness (QED) is 0.891. The summed E-state index contributed by atoms with van der Waals surface area (Å²) in [6.45, 7) is 2.66. The molecule has 0 aromatic carbocycles. The summed E-state index contributed by atoms with van der Waals surface area (Å²) >= 11 is 0. The van der Waals surface area contributed by atoms with Gasteiger partial charge in [-0.05, 0) is 25.5 Å². The number of halogens is 3. The molecule has 6 heteroatoms. The van der Waals surface area contributed by atoms with Crippen LogP contribution < -0.4 is 4.74 Å². The first-order chi connectivity index (χ1) is 7.83. The Bertz CT molecular complexity index is 391. The van der Waals surface area contributed by atoms with Crippen LogP contribution in [0.2, 0.25) is 0 Å². The maximum atomic E-state index is 11.9. The van der Waals surface area contributed by atoms with E-state index in [1.54, 1.807) is 19.9 Å².